The van der Waals surface area contributed by atoms with E-state index in [1.165, 1.54) is 103 Å². The van der Waals surface area contributed by atoms with Gasteiger partial charge in [-0.15, -0.1) is 0 Å². The van der Waals surface area contributed by atoms with Gasteiger partial charge in [0.05, 0.1) is 0 Å². The Morgan fingerprint density at radius 3 is 0.984 bits per heavy atom. The second-order valence-corrected chi connectivity index (χ2v) is 17.1. The molecular weight excluding hydrogens is 769 g/mol. The van der Waals surface area contributed by atoms with Crippen LogP contribution in [0.5, 0.6) is 0 Å². The molecule has 6 heteroatoms. The van der Waals surface area contributed by atoms with Gasteiger partial charge in [0, 0.05) is 19.3 Å². The van der Waals surface area contributed by atoms with E-state index < -0.39 is 6.10 Å². The number of carbonyl (C=O) groups is 3. The van der Waals surface area contributed by atoms with Crippen molar-refractivity contribution in [3.63, 3.8) is 0 Å². The molecule has 1 unspecified atom stereocenters. The number of unbranched alkanes of at least 4 members (excludes halogenated alkanes) is 23. The molecule has 0 aliphatic rings. The molecule has 0 heterocycles. The quantitative estimate of drug-likeness (QED) is 0.0262. The summed E-state index contributed by atoms with van der Waals surface area (Å²) < 4.78 is 16.7. The molecule has 0 aromatic rings. The number of rotatable bonds is 46. The fourth-order valence-electron chi connectivity index (χ4n) is 7.09. The van der Waals surface area contributed by atoms with Gasteiger partial charge in [-0.1, -0.05) is 229 Å². The van der Waals surface area contributed by atoms with Crippen molar-refractivity contribution >= 4 is 17.9 Å². The molecule has 62 heavy (non-hydrogen) atoms. The Bertz CT molecular complexity index is 1180. The summed E-state index contributed by atoms with van der Waals surface area (Å²) in [7, 11) is 0. The Morgan fingerprint density at radius 2 is 0.629 bits per heavy atom. The number of ether oxygens (including phenoxy) is 3. The summed E-state index contributed by atoms with van der Waals surface area (Å²) in [6, 6.07) is 0. The van der Waals surface area contributed by atoms with Crippen LogP contribution in [0.2, 0.25) is 0 Å². The van der Waals surface area contributed by atoms with Crippen LogP contribution < -0.4 is 0 Å². The summed E-state index contributed by atoms with van der Waals surface area (Å²) in [5.74, 6) is -0.898. The molecule has 0 aliphatic carbocycles. The van der Waals surface area contributed by atoms with Crippen LogP contribution in [0.15, 0.2) is 72.9 Å². The second kappa shape index (κ2) is 50.5. The van der Waals surface area contributed by atoms with Gasteiger partial charge in [-0.3, -0.25) is 14.4 Å². The third kappa shape index (κ3) is 47.9. The molecule has 0 N–H and O–H groups in total. The molecule has 0 bridgehead atoms. The first-order chi connectivity index (χ1) is 30.5. The van der Waals surface area contributed by atoms with Gasteiger partial charge in [0.25, 0.3) is 0 Å². The van der Waals surface area contributed by atoms with E-state index in [2.05, 4.69) is 93.7 Å². The Kier molecular flexibility index (Phi) is 47.9. The fourth-order valence-corrected chi connectivity index (χ4v) is 7.09. The first-order valence-corrected chi connectivity index (χ1v) is 25.9. The fraction of sp³-hybridized carbons (Fsp3) is 0.732. The monoisotopic (exact) mass is 865 g/mol. The average Bonchev–Trinajstić information content (AvgIpc) is 3.27. The van der Waals surface area contributed by atoms with Crippen molar-refractivity contribution < 1.29 is 28.6 Å². The first kappa shape index (κ1) is 58.9. The largest absolute Gasteiger partial charge is 0.462 e. The maximum atomic E-state index is 12.7. The molecule has 0 amide bonds. The standard InChI is InChI=1S/C56H96O6/c1-4-7-10-13-16-18-20-22-23-24-25-26-27-28-29-30-31-32-33-34-36-37-40-43-46-49-55(58)61-52-53(51-60-54(57)48-45-42-39-15-12-9-6-3)62-56(59)50-47-44-41-38-35-21-19-17-14-11-8-5-2/h7,10,16,18,22-23,25-26,28-29,31-32,53H,4-6,8-9,11-15,17,19-21,24,27,30,33-52H2,1-3H3/b10-7-,18-16-,23-22-,26-25-,29-28-,32-31-. The Balaban J connectivity index is 4.21. The zero-order chi connectivity index (χ0) is 45.1. The Hall–Kier alpha value is -3.15. The minimum Gasteiger partial charge on any atom is -0.462 e. The normalized spacial score (nSPS) is 12.6. The van der Waals surface area contributed by atoms with E-state index in [4.69, 9.17) is 14.2 Å². The molecule has 0 rings (SSSR count). The molecule has 0 fully saturated rings. The highest BCUT2D eigenvalue weighted by Gasteiger charge is 2.19. The average molecular weight is 865 g/mol. The van der Waals surface area contributed by atoms with Gasteiger partial charge in [-0.2, -0.15) is 0 Å². The highest BCUT2D eigenvalue weighted by molar-refractivity contribution is 5.71. The van der Waals surface area contributed by atoms with E-state index in [-0.39, 0.29) is 31.1 Å². The smallest absolute Gasteiger partial charge is 0.306 e. The van der Waals surface area contributed by atoms with Gasteiger partial charge in [-0.05, 0) is 70.6 Å². The first-order valence-electron chi connectivity index (χ1n) is 25.9. The van der Waals surface area contributed by atoms with Crippen LogP contribution >= 0.6 is 0 Å². The van der Waals surface area contributed by atoms with Crippen molar-refractivity contribution in [2.45, 2.75) is 252 Å². The predicted octanol–water partition coefficient (Wildman–Crippen LogP) is 17.0. The van der Waals surface area contributed by atoms with E-state index in [1.54, 1.807) is 0 Å². The molecule has 0 spiro atoms. The van der Waals surface area contributed by atoms with E-state index in [0.29, 0.717) is 19.3 Å². The molecular formula is C56H96O6. The van der Waals surface area contributed by atoms with E-state index in [9.17, 15) is 14.4 Å². The van der Waals surface area contributed by atoms with Crippen molar-refractivity contribution in [1.82, 2.24) is 0 Å². The number of allylic oxidation sites excluding steroid dienone is 12. The summed E-state index contributed by atoms with van der Waals surface area (Å²) in [6.45, 7) is 6.46. The molecule has 0 aromatic carbocycles. The predicted molar refractivity (Wildman–Crippen MR) is 265 cm³/mol. The third-order valence-corrected chi connectivity index (χ3v) is 11.0. The molecule has 6 nitrogen and oxygen atoms in total. The van der Waals surface area contributed by atoms with Crippen LogP contribution in [-0.2, 0) is 28.6 Å². The van der Waals surface area contributed by atoms with E-state index >= 15 is 0 Å². The molecule has 1 atom stereocenters. The van der Waals surface area contributed by atoms with Gasteiger partial charge in [0.1, 0.15) is 13.2 Å². The maximum Gasteiger partial charge on any atom is 0.306 e. The van der Waals surface area contributed by atoms with Gasteiger partial charge in [0.2, 0.25) is 0 Å². The SMILES string of the molecule is CC/C=C\C/C=C\C/C=C\C/C=C\C/C=C\C/C=C\CCCCCCCCC(=O)OCC(COC(=O)CCCCCCCCC)OC(=O)CCCCCCCCCCCCCC. The van der Waals surface area contributed by atoms with Crippen molar-refractivity contribution in [2.24, 2.45) is 0 Å². The summed E-state index contributed by atoms with van der Waals surface area (Å²) in [5.41, 5.74) is 0. The number of hydrogen-bond donors (Lipinski definition) is 0. The zero-order valence-corrected chi connectivity index (χ0v) is 40.6. The van der Waals surface area contributed by atoms with E-state index in [1.807, 2.05) is 0 Å². The third-order valence-electron chi connectivity index (χ3n) is 11.0. The summed E-state index contributed by atoms with van der Waals surface area (Å²) >= 11 is 0. The topological polar surface area (TPSA) is 78.9 Å². The number of esters is 3. The van der Waals surface area contributed by atoms with Crippen molar-refractivity contribution in [2.75, 3.05) is 13.2 Å². The van der Waals surface area contributed by atoms with E-state index in [0.717, 1.165) is 103 Å². The lowest BCUT2D eigenvalue weighted by Crippen LogP contribution is -2.30. The van der Waals surface area contributed by atoms with Crippen LogP contribution in [0.1, 0.15) is 245 Å². The molecule has 0 aliphatic heterocycles. The highest BCUT2D eigenvalue weighted by Crippen LogP contribution is 2.15. The zero-order valence-electron chi connectivity index (χ0n) is 40.6. The lowest BCUT2D eigenvalue weighted by atomic mass is 10.0. The summed E-state index contributed by atoms with van der Waals surface area (Å²) in [5, 5.41) is 0. The molecule has 0 aromatic heterocycles. The highest BCUT2D eigenvalue weighted by atomic mass is 16.6. The summed E-state index contributed by atoms with van der Waals surface area (Å²) in [6.07, 6.45) is 63.3. The lowest BCUT2D eigenvalue weighted by molar-refractivity contribution is -0.167. The van der Waals surface area contributed by atoms with Gasteiger partial charge < -0.3 is 14.2 Å². The van der Waals surface area contributed by atoms with Gasteiger partial charge in [0.15, 0.2) is 6.10 Å². The van der Waals surface area contributed by atoms with Crippen molar-refractivity contribution in [3.05, 3.63) is 72.9 Å². The maximum absolute atomic E-state index is 12.7. The van der Waals surface area contributed by atoms with Gasteiger partial charge >= 0.3 is 17.9 Å². The van der Waals surface area contributed by atoms with Gasteiger partial charge in [-0.25, -0.2) is 0 Å². The van der Waals surface area contributed by atoms with Crippen LogP contribution in [0.4, 0.5) is 0 Å². The number of hydrogen-bond acceptors (Lipinski definition) is 6. The Labute approximate surface area is 382 Å². The van der Waals surface area contributed by atoms with Crippen molar-refractivity contribution in [1.29, 1.82) is 0 Å². The van der Waals surface area contributed by atoms with Crippen LogP contribution in [-0.4, -0.2) is 37.2 Å². The minimum atomic E-state index is -0.775. The molecule has 0 saturated carbocycles. The molecule has 0 saturated heterocycles. The number of carbonyl (C=O) groups excluding carboxylic acids is 3. The molecule has 0 radical (unpaired) electrons. The summed E-state index contributed by atoms with van der Waals surface area (Å²) in [4.78, 5) is 37.8. The van der Waals surface area contributed by atoms with Crippen LogP contribution in [0, 0.1) is 0 Å². The van der Waals surface area contributed by atoms with Crippen LogP contribution in [0.25, 0.3) is 0 Å². The Morgan fingerprint density at radius 1 is 0.339 bits per heavy atom. The van der Waals surface area contributed by atoms with Crippen LogP contribution in [0.3, 0.4) is 0 Å². The second-order valence-electron chi connectivity index (χ2n) is 17.1. The van der Waals surface area contributed by atoms with Crippen molar-refractivity contribution in [3.8, 4) is 0 Å². The molecule has 356 valence electrons. The lowest BCUT2D eigenvalue weighted by Gasteiger charge is -2.18. The minimum absolute atomic E-state index is 0.0780.